The molecule has 0 amide bonds. The van der Waals surface area contributed by atoms with Crippen LogP contribution in [0.3, 0.4) is 0 Å². The second-order valence-electron chi connectivity index (χ2n) is 4.35. The molecule has 0 unspecified atom stereocenters. The van der Waals surface area contributed by atoms with Gasteiger partial charge in [0.05, 0.1) is 11.8 Å². The summed E-state index contributed by atoms with van der Waals surface area (Å²) in [6, 6.07) is 4.98. The second kappa shape index (κ2) is 5.26. The van der Waals surface area contributed by atoms with Gasteiger partial charge < -0.3 is 14.8 Å². The van der Waals surface area contributed by atoms with E-state index in [1.807, 2.05) is 5.38 Å². The number of aromatic carboxylic acids is 1. The van der Waals surface area contributed by atoms with Gasteiger partial charge in [0.25, 0.3) is 0 Å². The van der Waals surface area contributed by atoms with Gasteiger partial charge >= 0.3 is 5.97 Å². The minimum absolute atomic E-state index is 0.0912. The van der Waals surface area contributed by atoms with Gasteiger partial charge in [-0.05, 0) is 23.8 Å². The summed E-state index contributed by atoms with van der Waals surface area (Å²) in [5.41, 5.74) is 1.97. The molecule has 21 heavy (non-hydrogen) atoms. The van der Waals surface area contributed by atoms with Gasteiger partial charge in [0.15, 0.2) is 5.75 Å². The Balaban J connectivity index is 2.36. The number of carboxylic acid groups (broad SMARTS) is 1. The number of ether oxygens (including phenoxy) is 1. The molecule has 0 fully saturated rings. The van der Waals surface area contributed by atoms with E-state index in [0.29, 0.717) is 32.4 Å². The van der Waals surface area contributed by atoms with Crippen LogP contribution in [0.5, 0.6) is 5.75 Å². The quantitative estimate of drug-likeness (QED) is 0.711. The second-order valence-corrected chi connectivity index (χ2v) is 6.10. The van der Waals surface area contributed by atoms with Crippen molar-refractivity contribution in [1.29, 1.82) is 0 Å². The van der Waals surface area contributed by atoms with Crippen LogP contribution in [0.1, 0.15) is 10.5 Å². The SMILES string of the molecule is COc1csc2c(-c3cc(Cl)cc(Cl)c3)c(C(=O)O)[nH]c12. The lowest BCUT2D eigenvalue weighted by Crippen LogP contribution is -1.99. The number of thiophene rings is 1. The molecule has 2 aromatic heterocycles. The Morgan fingerprint density at radius 2 is 1.95 bits per heavy atom. The van der Waals surface area contributed by atoms with E-state index >= 15 is 0 Å². The number of aromatic amines is 1. The Labute approximate surface area is 133 Å². The summed E-state index contributed by atoms with van der Waals surface area (Å²) in [5, 5.41) is 12.1. The van der Waals surface area contributed by atoms with Crippen molar-refractivity contribution in [3.8, 4) is 16.9 Å². The van der Waals surface area contributed by atoms with Gasteiger partial charge in [-0.25, -0.2) is 4.79 Å². The van der Waals surface area contributed by atoms with Gasteiger partial charge in [0, 0.05) is 21.0 Å². The van der Waals surface area contributed by atoms with Gasteiger partial charge in [-0.15, -0.1) is 11.3 Å². The zero-order chi connectivity index (χ0) is 15.1. The fourth-order valence-corrected chi connectivity index (χ4v) is 3.80. The van der Waals surface area contributed by atoms with Crippen LogP contribution in [-0.4, -0.2) is 23.2 Å². The number of methoxy groups -OCH3 is 1. The predicted molar refractivity (Wildman–Crippen MR) is 85.1 cm³/mol. The van der Waals surface area contributed by atoms with Crippen LogP contribution >= 0.6 is 34.5 Å². The normalized spacial score (nSPS) is 11.0. The first-order valence-electron chi connectivity index (χ1n) is 5.88. The van der Waals surface area contributed by atoms with Crippen LogP contribution in [0, 0.1) is 0 Å². The maximum atomic E-state index is 11.5. The Morgan fingerprint density at radius 1 is 1.29 bits per heavy atom. The molecule has 4 nitrogen and oxygen atoms in total. The highest BCUT2D eigenvalue weighted by Crippen LogP contribution is 2.42. The summed E-state index contributed by atoms with van der Waals surface area (Å²) in [5.74, 6) is -0.441. The van der Waals surface area contributed by atoms with E-state index in [0.717, 1.165) is 4.70 Å². The highest BCUT2D eigenvalue weighted by molar-refractivity contribution is 7.18. The van der Waals surface area contributed by atoms with E-state index in [4.69, 9.17) is 27.9 Å². The van der Waals surface area contributed by atoms with Crippen LogP contribution in [0.4, 0.5) is 0 Å². The zero-order valence-corrected chi connectivity index (χ0v) is 13.1. The number of nitrogens with one attached hydrogen (secondary N) is 1. The number of aromatic nitrogens is 1. The molecule has 0 atom stereocenters. The summed E-state index contributed by atoms with van der Waals surface area (Å²) in [6.07, 6.45) is 0. The van der Waals surface area contributed by atoms with Gasteiger partial charge in [-0.3, -0.25) is 0 Å². The van der Waals surface area contributed by atoms with Crippen molar-refractivity contribution in [2.45, 2.75) is 0 Å². The Kier molecular flexibility index (Phi) is 3.57. The fraction of sp³-hybridized carbons (Fsp3) is 0.0714. The molecule has 0 aliphatic carbocycles. The lowest BCUT2D eigenvalue weighted by molar-refractivity contribution is 0.0692. The average molecular weight is 342 g/mol. The number of fused-ring (bicyclic) bond motifs is 1. The molecule has 0 saturated heterocycles. The van der Waals surface area contributed by atoms with Crippen LogP contribution in [0.25, 0.3) is 21.3 Å². The third kappa shape index (κ3) is 2.37. The molecule has 0 aliphatic rings. The summed E-state index contributed by atoms with van der Waals surface area (Å²) in [4.78, 5) is 14.4. The third-order valence-electron chi connectivity index (χ3n) is 3.07. The van der Waals surface area contributed by atoms with E-state index < -0.39 is 5.97 Å². The number of hydrogen-bond acceptors (Lipinski definition) is 3. The van der Waals surface area contributed by atoms with Crippen molar-refractivity contribution in [3.63, 3.8) is 0 Å². The van der Waals surface area contributed by atoms with Crippen LogP contribution in [-0.2, 0) is 0 Å². The first-order chi connectivity index (χ1) is 10.0. The molecule has 0 aliphatic heterocycles. The molecule has 3 rings (SSSR count). The molecule has 0 saturated carbocycles. The van der Waals surface area contributed by atoms with Gasteiger partial charge in [-0.2, -0.15) is 0 Å². The van der Waals surface area contributed by atoms with Crippen molar-refractivity contribution in [3.05, 3.63) is 39.3 Å². The topological polar surface area (TPSA) is 62.3 Å². The molecule has 0 bridgehead atoms. The monoisotopic (exact) mass is 341 g/mol. The summed E-state index contributed by atoms with van der Waals surface area (Å²) in [7, 11) is 1.54. The first kappa shape index (κ1) is 14.3. The molecule has 3 aromatic rings. The van der Waals surface area contributed by atoms with Crippen molar-refractivity contribution < 1.29 is 14.6 Å². The molecule has 7 heteroatoms. The van der Waals surface area contributed by atoms with Crippen molar-refractivity contribution in [2.24, 2.45) is 0 Å². The van der Waals surface area contributed by atoms with E-state index in [2.05, 4.69) is 4.98 Å². The van der Waals surface area contributed by atoms with Crippen molar-refractivity contribution in [1.82, 2.24) is 4.98 Å². The average Bonchev–Trinajstić information content (AvgIpc) is 2.94. The highest BCUT2D eigenvalue weighted by Gasteiger charge is 2.22. The van der Waals surface area contributed by atoms with Crippen LogP contribution in [0.2, 0.25) is 10.0 Å². The smallest absolute Gasteiger partial charge is 0.353 e. The number of carbonyl (C=O) groups is 1. The summed E-state index contributed by atoms with van der Waals surface area (Å²) in [6.45, 7) is 0. The number of H-pyrrole nitrogens is 1. The molecular formula is C14H9Cl2NO3S. The highest BCUT2D eigenvalue weighted by atomic mass is 35.5. The van der Waals surface area contributed by atoms with Crippen molar-refractivity contribution >= 4 is 50.7 Å². The van der Waals surface area contributed by atoms with Crippen molar-refractivity contribution in [2.75, 3.05) is 7.11 Å². The maximum Gasteiger partial charge on any atom is 0.353 e. The number of rotatable bonds is 3. The fourth-order valence-electron chi connectivity index (χ4n) is 2.23. The van der Waals surface area contributed by atoms with Gasteiger partial charge in [-0.1, -0.05) is 23.2 Å². The lowest BCUT2D eigenvalue weighted by Gasteiger charge is -2.03. The molecule has 2 N–H and O–H groups in total. The summed E-state index contributed by atoms with van der Waals surface area (Å²) >= 11 is 13.4. The number of halogens is 2. The van der Waals surface area contributed by atoms with E-state index in [1.165, 1.54) is 11.3 Å². The largest absolute Gasteiger partial charge is 0.494 e. The molecule has 0 spiro atoms. The Morgan fingerprint density at radius 3 is 2.52 bits per heavy atom. The number of carboxylic acids is 1. The van der Waals surface area contributed by atoms with E-state index in [-0.39, 0.29) is 5.69 Å². The Hall–Kier alpha value is -1.69. The molecule has 0 radical (unpaired) electrons. The molecule has 108 valence electrons. The third-order valence-corrected chi connectivity index (χ3v) is 4.48. The standard InChI is InChI=1S/C14H9Cl2NO3S/c1-20-9-5-21-13-10(12(14(18)19)17-11(9)13)6-2-7(15)4-8(16)3-6/h2-5,17H,1H3,(H,18,19). The van der Waals surface area contributed by atoms with E-state index in [1.54, 1.807) is 25.3 Å². The lowest BCUT2D eigenvalue weighted by atomic mass is 10.1. The van der Waals surface area contributed by atoms with Gasteiger partial charge in [0.2, 0.25) is 0 Å². The van der Waals surface area contributed by atoms with Crippen LogP contribution < -0.4 is 4.74 Å². The molecule has 2 heterocycles. The van der Waals surface area contributed by atoms with Gasteiger partial charge in [0.1, 0.15) is 11.2 Å². The maximum absolute atomic E-state index is 11.5. The number of benzene rings is 1. The molecular weight excluding hydrogens is 333 g/mol. The number of hydrogen-bond donors (Lipinski definition) is 2. The predicted octanol–water partition coefficient (Wildman–Crippen LogP) is 4.91. The van der Waals surface area contributed by atoms with Crippen LogP contribution in [0.15, 0.2) is 23.6 Å². The summed E-state index contributed by atoms with van der Waals surface area (Å²) < 4.78 is 6.03. The minimum Gasteiger partial charge on any atom is -0.494 e. The molecule has 1 aromatic carbocycles. The first-order valence-corrected chi connectivity index (χ1v) is 7.51. The zero-order valence-electron chi connectivity index (χ0n) is 10.7. The van der Waals surface area contributed by atoms with E-state index in [9.17, 15) is 9.90 Å². The minimum atomic E-state index is -1.05. The Bertz CT molecular complexity index is 833.